The Morgan fingerprint density at radius 3 is 2.56 bits per heavy atom. The van der Waals surface area contributed by atoms with Gasteiger partial charge < -0.3 is 5.32 Å². The largest absolute Gasteiger partial charge is 0.363 e. The van der Waals surface area contributed by atoms with Crippen molar-refractivity contribution in [3.05, 3.63) is 52.4 Å². The molecule has 0 aliphatic rings. The zero-order valence-corrected chi connectivity index (χ0v) is 12.1. The van der Waals surface area contributed by atoms with E-state index in [4.69, 9.17) is 0 Å². The fraction of sp³-hybridized carbons (Fsp3) is 0.286. The van der Waals surface area contributed by atoms with E-state index in [1.165, 1.54) is 5.56 Å². The number of nitrogens with zero attached hydrogens (tertiary/aromatic N) is 2. The second-order valence-electron chi connectivity index (χ2n) is 4.14. The van der Waals surface area contributed by atoms with Gasteiger partial charge in [-0.2, -0.15) is 0 Å². The first-order chi connectivity index (χ1) is 8.69. The summed E-state index contributed by atoms with van der Waals surface area (Å²) >= 11 is 3.39. The third-order valence-corrected chi connectivity index (χ3v) is 3.15. The summed E-state index contributed by atoms with van der Waals surface area (Å²) in [6, 6.07) is 12.6. The van der Waals surface area contributed by atoms with E-state index in [1.807, 2.05) is 19.1 Å². The van der Waals surface area contributed by atoms with Gasteiger partial charge in [-0.1, -0.05) is 37.3 Å². The summed E-state index contributed by atoms with van der Waals surface area (Å²) < 4.78 is 0.806. The van der Waals surface area contributed by atoms with E-state index in [-0.39, 0.29) is 6.04 Å². The van der Waals surface area contributed by atoms with Crippen LogP contribution in [0.5, 0.6) is 0 Å². The van der Waals surface area contributed by atoms with Crippen molar-refractivity contribution in [3.8, 4) is 0 Å². The summed E-state index contributed by atoms with van der Waals surface area (Å²) in [4.78, 5) is 8.60. The molecule has 1 atom stereocenters. The molecule has 4 heteroatoms. The third kappa shape index (κ3) is 3.29. The van der Waals surface area contributed by atoms with Crippen LogP contribution in [-0.4, -0.2) is 9.97 Å². The zero-order chi connectivity index (χ0) is 13.0. The van der Waals surface area contributed by atoms with Crippen LogP contribution >= 0.6 is 15.9 Å². The third-order valence-electron chi connectivity index (χ3n) is 2.74. The van der Waals surface area contributed by atoms with Gasteiger partial charge in [-0.05, 0) is 34.8 Å². The number of aryl methyl sites for hydroxylation is 1. The number of anilines is 1. The molecule has 94 valence electrons. The fourth-order valence-corrected chi connectivity index (χ4v) is 2.36. The maximum atomic E-state index is 4.40. The molecule has 0 spiro atoms. The van der Waals surface area contributed by atoms with E-state index < -0.39 is 0 Å². The van der Waals surface area contributed by atoms with Gasteiger partial charge in [-0.15, -0.1) is 0 Å². The van der Waals surface area contributed by atoms with Crippen molar-refractivity contribution in [3.63, 3.8) is 0 Å². The normalized spacial score (nSPS) is 12.2. The Bertz CT molecular complexity index is 493. The molecule has 3 nitrogen and oxygen atoms in total. The highest BCUT2D eigenvalue weighted by atomic mass is 79.9. The highest BCUT2D eigenvalue weighted by molar-refractivity contribution is 9.10. The van der Waals surface area contributed by atoms with E-state index in [0.717, 1.165) is 22.7 Å². The van der Waals surface area contributed by atoms with E-state index in [0.29, 0.717) is 0 Å². The van der Waals surface area contributed by atoms with Gasteiger partial charge in [0.1, 0.15) is 16.2 Å². The minimum Gasteiger partial charge on any atom is -0.363 e. The van der Waals surface area contributed by atoms with Crippen molar-refractivity contribution in [1.29, 1.82) is 0 Å². The number of benzene rings is 1. The summed E-state index contributed by atoms with van der Waals surface area (Å²) in [6.07, 6.45) is 1.00. The Kier molecular flexibility index (Phi) is 4.31. The number of aromatic nitrogens is 2. The summed E-state index contributed by atoms with van der Waals surface area (Å²) in [5.41, 5.74) is 1.27. The van der Waals surface area contributed by atoms with Gasteiger partial charge in [0, 0.05) is 6.07 Å². The molecule has 1 aromatic carbocycles. The van der Waals surface area contributed by atoms with Crippen LogP contribution in [0.25, 0.3) is 0 Å². The predicted octanol–water partition coefficient (Wildman–Crippen LogP) is 4.11. The molecule has 0 saturated carbocycles. The smallest absolute Gasteiger partial charge is 0.131 e. The number of hydrogen-bond donors (Lipinski definition) is 1. The highest BCUT2D eigenvalue weighted by Gasteiger charge is 2.10. The van der Waals surface area contributed by atoms with Crippen LogP contribution in [0.15, 0.2) is 41.0 Å². The Morgan fingerprint density at radius 2 is 1.94 bits per heavy atom. The summed E-state index contributed by atoms with van der Waals surface area (Å²) in [5.74, 6) is 1.61. The van der Waals surface area contributed by atoms with Crippen molar-refractivity contribution >= 4 is 21.7 Å². The first kappa shape index (κ1) is 13.0. The molecule has 1 N–H and O–H groups in total. The second-order valence-corrected chi connectivity index (χ2v) is 4.95. The van der Waals surface area contributed by atoms with Crippen molar-refractivity contribution in [2.75, 3.05) is 5.32 Å². The topological polar surface area (TPSA) is 37.8 Å². The predicted molar refractivity (Wildman–Crippen MR) is 77.6 cm³/mol. The minimum atomic E-state index is 0.271. The highest BCUT2D eigenvalue weighted by Crippen LogP contribution is 2.22. The molecule has 0 fully saturated rings. The number of hydrogen-bond acceptors (Lipinski definition) is 3. The van der Waals surface area contributed by atoms with Gasteiger partial charge in [0.2, 0.25) is 0 Å². The second kappa shape index (κ2) is 5.96. The molecule has 2 aromatic rings. The van der Waals surface area contributed by atoms with Gasteiger partial charge in [-0.25, -0.2) is 9.97 Å². The Morgan fingerprint density at radius 1 is 1.22 bits per heavy atom. The lowest BCUT2D eigenvalue weighted by Gasteiger charge is -2.18. The summed E-state index contributed by atoms with van der Waals surface area (Å²) in [6.45, 7) is 4.05. The van der Waals surface area contributed by atoms with Gasteiger partial charge in [0.15, 0.2) is 0 Å². The van der Waals surface area contributed by atoms with Crippen molar-refractivity contribution in [1.82, 2.24) is 9.97 Å². The molecule has 2 rings (SSSR count). The van der Waals surface area contributed by atoms with Crippen LogP contribution in [0.2, 0.25) is 0 Å². The van der Waals surface area contributed by atoms with Gasteiger partial charge in [0.25, 0.3) is 0 Å². The molecule has 0 bridgehead atoms. The average molecular weight is 306 g/mol. The Balaban J connectivity index is 2.20. The molecule has 0 amide bonds. The quantitative estimate of drug-likeness (QED) is 0.864. The van der Waals surface area contributed by atoms with Crippen LogP contribution < -0.4 is 5.32 Å². The first-order valence-electron chi connectivity index (χ1n) is 6.01. The minimum absolute atomic E-state index is 0.271. The Labute approximate surface area is 116 Å². The summed E-state index contributed by atoms with van der Waals surface area (Å²) in [7, 11) is 0. The van der Waals surface area contributed by atoms with E-state index in [2.05, 4.69) is 62.4 Å². The van der Waals surface area contributed by atoms with Crippen LogP contribution in [0.3, 0.4) is 0 Å². The molecule has 1 heterocycles. The standard InChI is InChI=1S/C14H16BrN3/c1-3-12(11-7-5-4-6-8-11)18-14-9-13(15)16-10(2)17-14/h4-9,12H,3H2,1-2H3,(H,16,17,18). The maximum Gasteiger partial charge on any atom is 0.131 e. The van der Waals surface area contributed by atoms with Crippen molar-refractivity contribution < 1.29 is 0 Å². The van der Waals surface area contributed by atoms with Gasteiger partial charge >= 0.3 is 0 Å². The lowest BCUT2D eigenvalue weighted by Crippen LogP contribution is -2.11. The molecule has 0 aliphatic heterocycles. The number of nitrogens with one attached hydrogen (secondary N) is 1. The van der Waals surface area contributed by atoms with E-state index in [1.54, 1.807) is 0 Å². The van der Waals surface area contributed by atoms with Crippen LogP contribution in [-0.2, 0) is 0 Å². The van der Waals surface area contributed by atoms with Crippen LogP contribution in [0, 0.1) is 6.92 Å². The first-order valence-corrected chi connectivity index (χ1v) is 6.81. The number of halogens is 1. The van der Waals surface area contributed by atoms with Crippen LogP contribution in [0.4, 0.5) is 5.82 Å². The SMILES string of the molecule is CCC(Nc1cc(Br)nc(C)n1)c1ccccc1. The van der Waals surface area contributed by atoms with Crippen molar-refractivity contribution in [2.45, 2.75) is 26.3 Å². The van der Waals surface area contributed by atoms with E-state index in [9.17, 15) is 0 Å². The fourth-order valence-electron chi connectivity index (χ4n) is 1.89. The monoisotopic (exact) mass is 305 g/mol. The molecule has 1 unspecified atom stereocenters. The summed E-state index contributed by atoms with van der Waals surface area (Å²) in [5, 5.41) is 3.45. The molecule has 0 aliphatic carbocycles. The maximum absolute atomic E-state index is 4.40. The van der Waals surface area contributed by atoms with Crippen molar-refractivity contribution in [2.24, 2.45) is 0 Å². The molecule has 0 saturated heterocycles. The zero-order valence-electron chi connectivity index (χ0n) is 10.5. The number of rotatable bonds is 4. The average Bonchev–Trinajstić information content (AvgIpc) is 2.36. The van der Waals surface area contributed by atoms with Gasteiger partial charge in [0.05, 0.1) is 6.04 Å². The molecule has 18 heavy (non-hydrogen) atoms. The molecular formula is C14H16BrN3. The Hall–Kier alpha value is -1.42. The molecule has 1 aromatic heterocycles. The molecular weight excluding hydrogens is 290 g/mol. The lowest BCUT2D eigenvalue weighted by atomic mass is 10.0. The van der Waals surface area contributed by atoms with Crippen LogP contribution in [0.1, 0.15) is 30.8 Å². The molecule has 0 radical (unpaired) electrons. The lowest BCUT2D eigenvalue weighted by molar-refractivity contribution is 0.742. The van der Waals surface area contributed by atoms with Gasteiger partial charge in [-0.3, -0.25) is 0 Å². The van der Waals surface area contributed by atoms with E-state index >= 15 is 0 Å².